The van der Waals surface area contributed by atoms with E-state index in [1.807, 2.05) is 0 Å². The Labute approximate surface area is 126 Å². The van der Waals surface area contributed by atoms with Crippen LogP contribution in [-0.2, 0) is 11.2 Å². The average Bonchev–Trinajstić information content (AvgIpc) is 3.23. The number of benzene rings is 1. The van der Waals surface area contributed by atoms with Crippen LogP contribution in [0.2, 0.25) is 0 Å². The minimum absolute atomic E-state index is 0.482. The van der Waals surface area contributed by atoms with Crippen molar-refractivity contribution in [3.63, 3.8) is 0 Å². The van der Waals surface area contributed by atoms with Gasteiger partial charge in [-0.3, -0.25) is 0 Å². The molecule has 5 rings (SSSR count). The van der Waals surface area contributed by atoms with Crippen molar-refractivity contribution in [2.45, 2.75) is 57.2 Å². The monoisotopic (exact) mass is 284 g/mol. The number of aryl methyl sites for hydroxylation is 1. The van der Waals surface area contributed by atoms with E-state index in [1.165, 1.54) is 32.1 Å². The van der Waals surface area contributed by atoms with Gasteiger partial charge >= 0.3 is 0 Å². The molecule has 3 fully saturated rings. The van der Waals surface area contributed by atoms with Crippen molar-refractivity contribution in [1.82, 2.24) is 0 Å². The summed E-state index contributed by atoms with van der Waals surface area (Å²) in [6, 6.07) is 6.78. The second kappa shape index (κ2) is 4.04. The molecule has 1 saturated heterocycles. The van der Waals surface area contributed by atoms with E-state index in [4.69, 9.17) is 9.47 Å². The maximum atomic E-state index is 5.89. The molecule has 0 bridgehead atoms. The Kier molecular flexibility index (Phi) is 2.41. The van der Waals surface area contributed by atoms with Crippen molar-refractivity contribution in [3.8, 4) is 5.75 Å². The molecular weight excluding hydrogens is 260 g/mol. The molecule has 2 saturated carbocycles. The van der Waals surface area contributed by atoms with E-state index in [1.54, 1.807) is 18.2 Å². The van der Waals surface area contributed by atoms with E-state index in [-0.39, 0.29) is 0 Å². The molecule has 1 heterocycles. The fraction of sp³-hybridized carbons (Fsp3) is 0.684. The normalized spacial score (nSPS) is 46.1. The fourth-order valence-electron chi connectivity index (χ4n) is 5.98. The lowest BCUT2D eigenvalue weighted by Gasteiger charge is -2.49. The third-order valence-electron chi connectivity index (χ3n) is 7.09. The maximum absolute atomic E-state index is 5.89. The average molecular weight is 284 g/mol. The first-order valence-corrected chi connectivity index (χ1v) is 8.53. The molecule has 21 heavy (non-hydrogen) atoms. The number of hydrogen-bond donors (Lipinski definition) is 0. The Bertz CT molecular complexity index is 595. The Hall–Kier alpha value is -1.02. The zero-order chi connectivity index (χ0) is 14.2. The van der Waals surface area contributed by atoms with Crippen molar-refractivity contribution >= 4 is 0 Å². The summed E-state index contributed by atoms with van der Waals surface area (Å²) in [5, 5.41) is 0. The lowest BCUT2D eigenvalue weighted by atomic mass is 9.55. The molecule has 3 unspecified atom stereocenters. The summed E-state index contributed by atoms with van der Waals surface area (Å²) < 4.78 is 11.3. The molecule has 0 N–H and O–H groups in total. The maximum Gasteiger partial charge on any atom is 0.119 e. The summed E-state index contributed by atoms with van der Waals surface area (Å²) in [6.07, 6.45) is 7.83. The summed E-state index contributed by atoms with van der Waals surface area (Å²) in [4.78, 5) is 0. The lowest BCUT2D eigenvalue weighted by molar-refractivity contribution is 0.00418. The van der Waals surface area contributed by atoms with Crippen LogP contribution in [0.1, 0.15) is 49.7 Å². The van der Waals surface area contributed by atoms with Crippen molar-refractivity contribution in [2.24, 2.45) is 17.3 Å². The lowest BCUT2D eigenvalue weighted by Crippen LogP contribution is -2.42. The quantitative estimate of drug-likeness (QED) is 0.729. The molecule has 3 aliphatic carbocycles. The zero-order valence-electron chi connectivity index (χ0n) is 13.0. The number of epoxide rings is 1. The van der Waals surface area contributed by atoms with Gasteiger partial charge in [-0.15, -0.1) is 0 Å². The van der Waals surface area contributed by atoms with Gasteiger partial charge < -0.3 is 9.47 Å². The number of rotatable bonds is 1. The van der Waals surface area contributed by atoms with Crippen molar-refractivity contribution in [1.29, 1.82) is 0 Å². The van der Waals surface area contributed by atoms with Gasteiger partial charge in [0.1, 0.15) is 5.75 Å². The highest BCUT2D eigenvalue weighted by atomic mass is 16.6. The first-order chi connectivity index (χ1) is 10.2. The van der Waals surface area contributed by atoms with Crippen LogP contribution in [-0.4, -0.2) is 19.3 Å². The smallest absolute Gasteiger partial charge is 0.119 e. The highest BCUT2D eigenvalue weighted by molar-refractivity contribution is 5.41. The van der Waals surface area contributed by atoms with Gasteiger partial charge in [-0.1, -0.05) is 13.0 Å². The van der Waals surface area contributed by atoms with E-state index >= 15 is 0 Å². The summed E-state index contributed by atoms with van der Waals surface area (Å²) in [7, 11) is 1.77. The predicted octanol–water partition coefficient (Wildman–Crippen LogP) is 3.93. The Morgan fingerprint density at radius 1 is 1.29 bits per heavy atom. The molecule has 112 valence electrons. The minimum Gasteiger partial charge on any atom is -0.497 e. The summed E-state index contributed by atoms with van der Waals surface area (Å²) in [5.74, 6) is 3.59. The Morgan fingerprint density at radius 3 is 3.05 bits per heavy atom. The van der Waals surface area contributed by atoms with Gasteiger partial charge in [-0.2, -0.15) is 0 Å². The van der Waals surface area contributed by atoms with Crippen LogP contribution < -0.4 is 4.74 Å². The van der Waals surface area contributed by atoms with E-state index < -0.39 is 0 Å². The summed E-state index contributed by atoms with van der Waals surface area (Å²) >= 11 is 0. The molecule has 0 spiro atoms. The van der Waals surface area contributed by atoms with Crippen LogP contribution in [0.3, 0.4) is 0 Å². The van der Waals surface area contributed by atoms with Gasteiger partial charge in [-0.05, 0) is 78.5 Å². The molecule has 0 aromatic heterocycles. The molecule has 1 aliphatic heterocycles. The number of ether oxygens (including phenoxy) is 2. The third kappa shape index (κ3) is 1.57. The number of fused-ring (bicyclic) bond motifs is 7. The van der Waals surface area contributed by atoms with Crippen LogP contribution in [0.15, 0.2) is 18.2 Å². The van der Waals surface area contributed by atoms with Gasteiger partial charge in [0.05, 0.1) is 19.3 Å². The highest BCUT2D eigenvalue weighted by Crippen LogP contribution is 2.66. The van der Waals surface area contributed by atoms with Gasteiger partial charge in [0.15, 0.2) is 0 Å². The van der Waals surface area contributed by atoms with E-state index in [2.05, 4.69) is 25.1 Å². The van der Waals surface area contributed by atoms with Crippen LogP contribution in [0, 0.1) is 17.3 Å². The molecule has 1 aromatic rings. The van der Waals surface area contributed by atoms with Crippen LogP contribution in [0.25, 0.3) is 0 Å². The standard InChI is InChI=1S/C19H24O2/c1-19-8-7-14-13-6-4-12(20-2)9-11(13)3-5-15(14)16(19)10-17-18(19)21-17/h4,6,9,14-18H,3,5,7-8,10H2,1-2H3/t14?,15?,16?,17-,18-,19-/m0/s1. The Balaban J connectivity index is 1.51. The molecule has 4 aliphatic rings. The molecule has 6 atom stereocenters. The van der Waals surface area contributed by atoms with Crippen molar-refractivity contribution < 1.29 is 9.47 Å². The van der Waals surface area contributed by atoms with E-state index in [9.17, 15) is 0 Å². The van der Waals surface area contributed by atoms with Gasteiger partial charge in [0.2, 0.25) is 0 Å². The van der Waals surface area contributed by atoms with Crippen LogP contribution in [0.4, 0.5) is 0 Å². The predicted molar refractivity (Wildman–Crippen MR) is 81.7 cm³/mol. The Morgan fingerprint density at radius 2 is 2.19 bits per heavy atom. The van der Waals surface area contributed by atoms with Crippen LogP contribution in [0.5, 0.6) is 5.75 Å². The summed E-state index contributed by atoms with van der Waals surface area (Å²) in [5.41, 5.74) is 3.64. The molecular formula is C19H24O2. The molecule has 0 amide bonds. The minimum atomic E-state index is 0.482. The zero-order valence-corrected chi connectivity index (χ0v) is 13.0. The molecule has 0 radical (unpaired) electrons. The molecule has 2 heteroatoms. The summed E-state index contributed by atoms with van der Waals surface area (Å²) in [6.45, 7) is 2.51. The van der Waals surface area contributed by atoms with Crippen molar-refractivity contribution in [3.05, 3.63) is 29.3 Å². The van der Waals surface area contributed by atoms with E-state index in [0.29, 0.717) is 17.6 Å². The first-order valence-electron chi connectivity index (χ1n) is 8.53. The van der Waals surface area contributed by atoms with Crippen LogP contribution >= 0.6 is 0 Å². The van der Waals surface area contributed by atoms with Gasteiger partial charge in [-0.25, -0.2) is 0 Å². The number of hydrogen-bond acceptors (Lipinski definition) is 2. The van der Waals surface area contributed by atoms with Crippen molar-refractivity contribution in [2.75, 3.05) is 7.11 Å². The third-order valence-corrected chi connectivity index (χ3v) is 7.09. The second-order valence-corrected chi connectivity index (χ2v) is 7.86. The SMILES string of the molecule is COc1ccc2c(c1)CCC1C2CC[C@@]2(C)C1C[C@@H]1O[C@@H]12. The second-order valence-electron chi connectivity index (χ2n) is 7.86. The van der Waals surface area contributed by atoms with Gasteiger partial charge in [0, 0.05) is 0 Å². The highest BCUT2D eigenvalue weighted by Gasteiger charge is 2.66. The van der Waals surface area contributed by atoms with E-state index in [0.717, 1.165) is 23.5 Å². The molecule has 2 nitrogen and oxygen atoms in total. The molecule has 1 aromatic carbocycles. The fourth-order valence-corrected chi connectivity index (χ4v) is 5.98. The topological polar surface area (TPSA) is 21.8 Å². The number of methoxy groups -OCH3 is 1. The van der Waals surface area contributed by atoms with Gasteiger partial charge in [0.25, 0.3) is 0 Å². The first kappa shape index (κ1) is 12.5. The largest absolute Gasteiger partial charge is 0.497 e.